The van der Waals surface area contributed by atoms with Gasteiger partial charge in [0.15, 0.2) is 0 Å². The quantitative estimate of drug-likeness (QED) is 0.844. The van der Waals surface area contributed by atoms with Crippen molar-refractivity contribution in [2.75, 3.05) is 45.7 Å². The number of rotatable bonds is 5. The first kappa shape index (κ1) is 16.0. The maximum absolute atomic E-state index is 5.85. The average Bonchev–Trinajstić information content (AvgIpc) is 2.48. The predicted octanol–water partition coefficient (Wildman–Crippen LogP) is 2.11. The normalized spacial score (nSPS) is 16.7. The first-order valence-corrected chi connectivity index (χ1v) is 7.79. The maximum atomic E-state index is 5.85. The number of benzene rings is 1. The highest BCUT2D eigenvalue weighted by Gasteiger charge is 2.20. The molecule has 0 spiro atoms. The molecule has 0 atom stereocenters. The molecule has 1 saturated heterocycles. The number of nitrogens with two attached hydrogens (primary N) is 1. The summed E-state index contributed by atoms with van der Waals surface area (Å²) in [5.41, 5.74) is 7.83. The van der Waals surface area contributed by atoms with E-state index < -0.39 is 0 Å². The number of hydrogen-bond acceptors (Lipinski definition) is 4. The zero-order valence-electron chi connectivity index (χ0n) is 13.1. The van der Waals surface area contributed by atoms with Crippen LogP contribution >= 0.6 is 12.2 Å². The average molecular weight is 307 g/mol. The van der Waals surface area contributed by atoms with Gasteiger partial charge in [-0.1, -0.05) is 12.2 Å². The lowest BCUT2D eigenvalue weighted by Gasteiger charge is -2.33. The predicted molar refractivity (Wildman–Crippen MR) is 92.4 cm³/mol. The van der Waals surface area contributed by atoms with Gasteiger partial charge in [0.2, 0.25) is 0 Å². The van der Waals surface area contributed by atoms with Gasteiger partial charge < -0.3 is 20.3 Å². The summed E-state index contributed by atoms with van der Waals surface area (Å²) in [6.45, 7) is 3.38. The van der Waals surface area contributed by atoms with E-state index in [2.05, 4.69) is 23.9 Å². The zero-order chi connectivity index (χ0) is 15.4. The van der Waals surface area contributed by atoms with Gasteiger partial charge in [-0.3, -0.25) is 0 Å². The second-order valence-corrected chi connectivity index (χ2v) is 6.31. The Morgan fingerprint density at radius 2 is 2.10 bits per heavy atom. The van der Waals surface area contributed by atoms with Crippen LogP contribution in [0.3, 0.4) is 0 Å². The Bertz CT molecular complexity index is 498. The van der Waals surface area contributed by atoms with E-state index in [1.165, 1.54) is 25.9 Å². The summed E-state index contributed by atoms with van der Waals surface area (Å²) >= 11 is 5.17. The lowest BCUT2D eigenvalue weighted by Crippen LogP contribution is -2.36. The number of anilines is 1. The molecule has 0 aliphatic carbocycles. The molecule has 0 radical (unpaired) electrons. The van der Waals surface area contributed by atoms with Crippen molar-refractivity contribution in [3.05, 3.63) is 23.8 Å². The highest BCUT2D eigenvalue weighted by Crippen LogP contribution is 2.27. The number of likely N-dealkylation sites (tertiary alicyclic amines) is 1. The number of hydrogen-bond donors (Lipinski definition) is 1. The van der Waals surface area contributed by atoms with Gasteiger partial charge in [0.1, 0.15) is 10.7 Å². The molecule has 2 rings (SSSR count). The molecule has 0 saturated carbocycles. The molecule has 5 heteroatoms. The van der Waals surface area contributed by atoms with Crippen LogP contribution in [-0.2, 0) is 0 Å². The van der Waals surface area contributed by atoms with Gasteiger partial charge in [0.25, 0.3) is 0 Å². The molecule has 21 heavy (non-hydrogen) atoms. The van der Waals surface area contributed by atoms with Crippen molar-refractivity contribution < 1.29 is 4.74 Å². The van der Waals surface area contributed by atoms with Crippen molar-refractivity contribution in [3.8, 4) is 5.75 Å². The van der Waals surface area contributed by atoms with Gasteiger partial charge in [0.05, 0.1) is 12.8 Å². The Morgan fingerprint density at radius 1 is 1.43 bits per heavy atom. The second-order valence-electron chi connectivity index (χ2n) is 5.87. The third-order valence-corrected chi connectivity index (χ3v) is 4.47. The van der Waals surface area contributed by atoms with Crippen LogP contribution in [0.1, 0.15) is 18.4 Å². The molecule has 0 unspecified atom stereocenters. The number of ether oxygens (including phenoxy) is 1. The van der Waals surface area contributed by atoms with Crippen molar-refractivity contribution >= 4 is 22.9 Å². The standard InChI is InChI=1S/C16H25N3OS/c1-18-8-6-12(7-9-18)11-19(2)15-10-13(20-3)4-5-14(15)16(17)21/h4-5,10,12H,6-9,11H2,1-3H3,(H2,17,21). The molecule has 116 valence electrons. The van der Waals surface area contributed by atoms with Gasteiger partial charge in [-0.25, -0.2) is 0 Å². The molecule has 1 aliphatic heterocycles. The number of methoxy groups -OCH3 is 1. The van der Waals surface area contributed by atoms with E-state index in [0.717, 1.165) is 29.5 Å². The van der Waals surface area contributed by atoms with E-state index >= 15 is 0 Å². The fraction of sp³-hybridized carbons (Fsp3) is 0.562. The Morgan fingerprint density at radius 3 is 2.67 bits per heavy atom. The lowest BCUT2D eigenvalue weighted by molar-refractivity contribution is 0.222. The van der Waals surface area contributed by atoms with E-state index in [1.807, 2.05) is 18.2 Å². The molecular formula is C16H25N3OS. The molecule has 1 aromatic carbocycles. The van der Waals surface area contributed by atoms with E-state index in [0.29, 0.717) is 4.99 Å². The van der Waals surface area contributed by atoms with Gasteiger partial charge in [-0.2, -0.15) is 0 Å². The Balaban J connectivity index is 2.13. The topological polar surface area (TPSA) is 41.7 Å². The summed E-state index contributed by atoms with van der Waals surface area (Å²) in [4.78, 5) is 5.08. The summed E-state index contributed by atoms with van der Waals surface area (Å²) < 4.78 is 5.33. The summed E-state index contributed by atoms with van der Waals surface area (Å²) in [5.74, 6) is 1.55. The first-order chi connectivity index (χ1) is 10.0. The van der Waals surface area contributed by atoms with Crippen molar-refractivity contribution in [1.29, 1.82) is 0 Å². The molecule has 1 heterocycles. The molecular weight excluding hydrogens is 282 g/mol. The van der Waals surface area contributed by atoms with Crippen molar-refractivity contribution in [2.24, 2.45) is 11.7 Å². The third-order valence-electron chi connectivity index (χ3n) is 4.25. The monoisotopic (exact) mass is 307 g/mol. The van der Waals surface area contributed by atoms with Crippen LogP contribution in [0.25, 0.3) is 0 Å². The molecule has 0 amide bonds. The van der Waals surface area contributed by atoms with Gasteiger partial charge >= 0.3 is 0 Å². The highest BCUT2D eigenvalue weighted by atomic mass is 32.1. The fourth-order valence-electron chi connectivity index (χ4n) is 2.89. The number of nitrogens with zero attached hydrogens (tertiary/aromatic N) is 2. The zero-order valence-corrected chi connectivity index (χ0v) is 13.9. The Hall–Kier alpha value is -1.33. The van der Waals surface area contributed by atoms with Crippen molar-refractivity contribution in [1.82, 2.24) is 4.90 Å². The Kier molecular flexibility index (Phi) is 5.42. The summed E-state index contributed by atoms with van der Waals surface area (Å²) in [7, 11) is 5.97. The lowest BCUT2D eigenvalue weighted by atomic mass is 9.96. The number of thiocarbonyl (C=S) groups is 1. The van der Waals surface area contributed by atoms with E-state index in [4.69, 9.17) is 22.7 Å². The van der Waals surface area contributed by atoms with Gasteiger partial charge in [-0.15, -0.1) is 0 Å². The van der Waals surface area contributed by atoms with Crippen LogP contribution in [0.2, 0.25) is 0 Å². The summed E-state index contributed by atoms with van der Waals surface area (Å²) in [5, 5.41) is 0. The van der Waals surface area contributed by atoms with Crippen LogP contribution in [0, 0.1) is 5.92 Å². The van der Waals surface area contributed by atoms with E-state index in [1.54, 1.807) is 7.11 Å². The second kappa shape index (κ2) is 7.09. The first-order valence-electron chi connectivity index (χ1n) is 7.38. The molecule has 0 bridgehead atoms. The molecule has 1 fully saturated rings. The van der Waals surface area contributed by atoms with Crippen LogP contribution in [0.4, 0.5) is 5.69 Å². The maximum Gasteiger partial charge on any atom is 0.120 e. The van der Waals surface area contributed by atoms with Crippen LogP contribution in [-0.4, -0.2) is 50.7 Å². The highest BCUT2D eigenvalue weighted by molar-refractivity contribution is 7.80. The molecule has 2 N–H and O–H groups in total. The van der Waals surface area contributed by atoms with Crippen molar-refractivity contribution in [3.63, 3.8) is 0 Å². The molecule has 4 nitrogen and oxygen atoms in total. The molecule has 1 aromatic rings. The van der Waals surface area contributed by atoms with Crippen LogP contribution in [0.5, 0.6) is 5.75 Å². The minimum atomic E-state index is 0.433. The smallest absolute Gasteiger partial charge is 0.120 e. The van der Waals surface area contributed by atoms with Crippen molar-refractivity contribution in [2.45, 2.75) is 12.8 Å². The largest absolute Gasteiger partial charge is 0.497 e. The van der Waals surface area contributed by atoms with E-state index in [9.17, 15) is 0 Å². The minimum absolute atomic E-state index is 0.433. The van der Waals surface area contributed by atoms with Gasteiger partial charge in [0, 0.05) is 25.2 Å². The minimum Gasteiger partial charge on any atom is -0.497 e. The molecule has 1 aliphatic rings. The molecule has 0 aromatic heterocycles. The van der Waals surface area contributed by atoms with Crippen LogP contribution < -0.4 is 15.4 Å². The summed E-state index contributed by atoms with van der Waals surface area (Å²) in [6, 6.07) is 5.87. The van der Waals surface area contributed by atoms with Crippen LogP contribution in [0.15, 0.2) is 18.2 Å². The Labute approximate surface area is 132 Å². The third kappa shape index (κ3) is 4.08. The fourth-order valence-corrected chi connectivity index (χ4v) is 3.07. The SMILES string of the molecule is COc1ccc(C(N)=S)c(N(C)CC2CCN(C)CC2)c1. The number of piperidine rings is 1. The van der Waals surface area contributed by atoms with E-state index in [-0.39, 0.29) is 0 Å². The summed E-state index contributed by atoms with van der Waals surface area (Å²) in [6.07, 6.45) is 2.49. The van der Waals surface area contributed by atoms with Gasteiger partial charge in [-0.05, 0) is 51.0 Å².